The molecule has 0 saturated heterocycles. The van der Waals surface area contributed by atoms with Crippen molar-refractivity contribution in [3.05, 3.63) is 285 Å². The molecule has 2 heteroatoms. The van der Waals surface area contributed by atoms with Crippen molar-refractivity contribution in [3.63, 3.8) is 0 Å². The fraction of sp³-hybridized carbons (Fsp3) is 0. The number of benzene rings is 12. The first-order valence-electron chi connectivity index (χ1n) is 24.7. The minimum atomic E-state index is 0.858. The van der Waals surface area contributed by atoms with Crippen molar-refractivity contribution in [3.8, 4) is 77.9 Å². The number of hydrogen-bond acceptors (Lipinski definition) is 2. The second-order valence-electron chi connectivity index (χ2n) is 18.4. The lowest BCUT2D eigenvalue weighted by molar-refractivity contribution is 0.670. The minimum Gasteiger partial charge on any atom is -0.455 e. The van der Waals surface area contributed by atoms with E-state index in [0.29, 0.717) is 0 Å². The molecule has 338 valence electrons. The molecule has 13 aromatic rings. The number of anilines is 3. The van der Waals surface area contributed by atoms with Gasteiger partial charge in [-0.3, -0.25) is 0 Å². The number of rotatable bonds is 10. The average Bonchev–Trinajstić information content (AvgIpc) is 3.86. The smallest absolute Gasteiger partial charge is 0.145 e. The molecule has 13 rings (SSSR count). The van der Waals surface area contributed by atoms with Gasteiger partial charge in [-0.1, -0.05) is 231 Å². The van der Waals surface area contributed by atoms with E-state index in [0.717, 1.165) is 61.3 Å². The molecule has 0 bridgehead atoms. The Hall–Kier alpha value is -9.50. The van der Waals surface area contributed by atoms with Crippen LogP contribution in [0.1, 0.15) is 0 Å². The number of furan rings is 1. The van der Waals surface area contributed by atoms with E-state index in [9.17, 15) is 0 Å². The van der Waals surface area contributed by atoms with Gasteiger partial charge in [-0.25, -0.2) is 0 Å². The third-order valence-corrected chi connectivity index (χ3v) is 14.1. The molecule has 0 spiro atoms. The van der Waals surface area contributed by atoms with E-state index in [-0.39, 0.29) is 0 Å². The lowest BCUT2D eigenvalue weighted by Crippen LogP contribution is -2.10. The van der Waals surface area contributed by atoms with E-state index in [4.69, 9.17) is 4.42 Å². The van der Waals surface area contributed by atoms with Gasteiger partial charge in [0.2, 0.25) is 0 Å². The largest absolute Gasteiger partial charge is 0.455 e. The highest BCUT2D eigenvalue weighted by Crippen LogP contribution is 2.48. The van der Waals surface area contributed by atoms with Crippen LogP contribution in [0.3, 0.4) is 0 Å². The van der Waals surface area contributed by atoms with Crippen LogP contribution < -0.4 is 4.90 Å². The molecule has 1 aromatic heterocycles. The van der Waals surface area contributed by atoms with Crippen LogP contribution in [0.2, 0.25) is 0 Å². The van der Waals surface area contributed by atoms with Crippen molar-refractivity contribution in [1.29, 1.82) is 0 Å². The normalized spacial score (nSPS) is 11.3. The Morgan fingerprint density at radius 1 is 0.264 bits per heavy atom. The van der Waals surface area contributed by atoms with Gasteiger partial charge in [-0.2, -0.15) is 0 Å². The summed E-state index contributed by atoms with van der Waals surface area (Å²) in [6, 6.07) is 103. The zero-order valence-corrected chi connectivity index (χ0v) is 39.5. The van der Waals surface area contributed by atoms with Crippen molar-refractivity contribution in [2.45, 2.75) is 0 Å². The zero-order chi connectivity index (χ0) is 47.8. The van der Waals surface area contributed by atoms with Crippen LogP contribution in [0.25, 0.3) is 111 Å². The van der Waals surface area contributed by atoms with Crippen molar-refractivity contribution >= 4 is 49.8 Å². The lowest BCUT2D eigenvalue weighted by Gasteiger charge is -2.27. The molecule has 0 fully saturated rings. The SMILES string of the molecule is c1ccc(-c2cccc(-c3ccccc3-c3ccc(N(c4ccc(-c5cccc(-c6ccc7ccccc7c6)c5)cc4)c4ccc(-c5ccccc5)c5oc6ccccc6c45)cc3)c2-c2ccccc2)cc1. The predicted molar refractivity (Wildman–Crippen MR) is 304 cm³/mol. The quantitative estimate of drug-likeness (QED) is 0.136. The van der Waals surface area contributed by atoms with Gasteiger partial charge in [-0.15, -0.1) is 0 Å². The Morgan fingerprint density at radius 3 is 1.47 bits per heavy atom. The van der Waals surface area contributed by atoms with Gasteiger partial charge < -0.3 is 9.32 Å². The first-order valence-corrected chi connectivity index (χ1v) is 24.7. The van der Waals surface area contributed by atoms with Crippen molar-refractivity contribution in [2.75, 3.05) is 4.90 Å². The molecule has 0 N–H and O–H groups in total. The summed E-state index contributed by atoms with van der Waals surface area (Å²) in [5, 5.41) is 4.63. The minimum absolute atomic E-state index is 0.858. The van der Waals surface area contributed by atoms with Crippen LogP contribution in [0.15, 0.2) is 290 Å². The fourth-order valence-electron chi connectivity index (χ4n) is 10.6. The van der Waals surface area contributed by atoms with Crippen molar-refractivity contribution in [1.82, 2.24) is 0 Å². The van der Waals surface area contributed by atoms with Crippen LogP contribution in [0.4, 0.5) is 17.1 Å². The molecule has 0 atom stereocenters. The average molecular weight is 918 g/mol. The van der Waals surface area contributed by atoms with Gasteiger partial charge in [0, 0.05) is 22.3 Å². The second kappa shape index (κ2) is 18.4. The van der Waals surface area contributed by atoms with Gasteiger partial charge in [0.25, 0.3) is 0 Å². The van der Waals surface area contributed by atoms with E-state index in [2.05, 4.69) is 290 Å². The molecule has 0 aliphatic carbocycles. The fourth-order valence-corrected chi connectivity index (χ4v) is 10.6. The molecular weight excluding hydrogens is 871 g/mol. The Balaban J connectivity index is 0.943. The highest BCUT2D eigenvalue weighted by Gasteiger charge is 2.23. The number of hydrogen-bond donors (Lipinski definition) is 0. The molecule has 0 amide bonds. The van der Waals surface area contributed by atoms with Gasteiger partial charge in [0.1, 0.15) is 11.2 Å². The molecule has 0 saturated carbocycles. The maximum absolute atomic E-state index is 6.83. The Bertz CT molecular complexity index is 4060. The molecule has 1 heterocycles. The summed E-state index contributed by atoms with van der Waals surface area (Å²) in [7, 11) is 0. The highest BCUT2D eigenvalue weighted by atomic mass is 16.3. The Morgan fingerprint density at radius 2 is 0.750 bits per heavy atom. The third-order valence-electron chi connectivity index (χ3n) is 14.1. The maximum Gasteiger partial charge on any atom is 0.145 e. The van der Waals surface area contributed by atoms with Crippen molar-refractivity contribution in [2.24, 2.45) is 0 Å². The van der Waals surface area contributed by atoms with Crippen molar-refractivity contribution < 1.29 is 4.42 Å². The van der Waals surface area contributed by atoms with E-state index in [1.54, 1.807) is 0 Å². The molecule has 0 aliphatic rings. The van der Waals surface area contributed by atoms with Crippen LogP contribution in [0, 0.1) is 0 Å². The zero-order valence-electron chi connectivity index (χ0n) is 39.5. The Kier molecular flexibility index (Phi) is 10.9. The van der Waals surface area contributed by atoms with Gasteiger partial charge in [-0.05, 0) is 138 Å². The third kappa shape index (κ3) is 7.82. The van der Waals surface area contributed by atoms with Crippen LogP contribution in [0.5, 0.6) is 0 Å². The molecule has 0 unspecified atom stereocenters. The summed E-state index contributed by atoms with van der Waals surface area (Å²) < 4.78 is 6.83. The molecule has 2 nitrogen and oxygen atoms in total. The predicted octanol–water partition coefficient (Wildman–Crippen LogP) is 19.9. The van der Waals surface area contributed by atoms with E-state index in [1.807, 2.05) is 0 Å². The number of fused-ring (bicyclic) bond motifs is 4. The molecular formula is C70H47NO. The maximum atomic E-state index is 6.83. The number of nitrogens with zero attached hydrogens (tertiary/aromatic N) is 1. The lowest BCUT2D eigenvalue weighted by atomic mass is 9.85. The first kappa shape index (κ1) is 42.6. The summed E-state index contributed by atoms with van der Waals surface area (Å²) in [5.41, 5.74) is 21.2. The molecule has 12 aromatic carbocycles. The second-order valence-corrected chi connectivity index (χ2v) is 18.4. The van der Waals surface area contributed by atoms with Crippen LogP contribution in [-0.2, 0) is 0 Å². The van der Waals surface area contributed by atoms with E-state index >= 15 is 0 Å². The Labute approximate surface area is 420 Å². The summed E-state index contributed by atoms with van der Waals surface area (Å²) in [5.74, 6) is 0. The topological polar surface area (TPSA) is 16.4 Å². The molecule has 0 aliphatic heterocycles. The van der Waals surface area contributed by atoms with Crippen LogP contribution >= 0.6 is 0 Å². The molecule has 0 radical (unpaired) electrons. The molecule has 72 heavy (non-hydrogen) atoms. The summed E-state index contributed by atoms with van der Waals surface area (Å²) >= 11 is 0. The van der Waals surface area contributed by atoms with Gasteiger partial charge >= 0.3 is 0 Å². The number of para-hydroxylation sites is 1. The standard InChI is InChI=1S/C70H47NO/c1-4-19-50(20-5-1)61-31-17-32-64(68(61)53-23-8-3-9-24-53)63-29-13-12-28-60(63)52-38-42-59(43-39-52)71(66-45-44-62(51-21-6-2-7-22-51)70-69(66)65-30-14-15-33-67(65)72-70)58-40-36-49(37-41-58)55-26-16-27-56(46-55)57-35-34-48-18-10-11-25-54(48)47-57/h1-47H. The van der Waals surface area contributed by atoms with Gasteiger partial charge in [0.05, 0.1) is 11.1 Å². The first-order chi connectivity index (χ1) is 35.7. The van der Waals surface area contributed by atoms with Crippen LogP contribution in [-0.4, -0.2) is 0 Å². The van der Waals surface area contributed by atoms with Gasteiger partial charge in [0.15, 0.2) is 0 Å². The van der Waals surface area contributed by atoms with E-state index < -0.39 is 0 Å². The summed E-state index contributed by atoms with van der Waals surface area (Å²) in [6.45, 7) is 0. The highest BCUT2D eigenvalue weighted by molar-refractivity contribution is 6.17. The monoisotopic (exact) mass is 917 g/mol. The summed E-state index contributed by atoms with van der Waals surface area (Å²) in [6.07, 6.45) is 0. The summed E-state index contributed by atoms with van der Waals surface area (Å²) in [4.78, 5) is 2.39. The van der Waals surface area contributed by atoms with E-state index in [1.165, 1.54) is 66.4 Å².